The maximum atomic E-state index is 12.1. The molecule has 10 nitrogen and oxygen atoms in total. The number of carbonyl (C=O) groups excluding carboxylic acids is 1. The normalized spacial score (nSPS) is 16.9. The maximum absolute atomic E-state index is 12.1. The van der Waals surface area contributed by atoms with E-state index in [9.17, 15) is 4.79 Å². The summed E-state index contributed by atoms with van der Waals surface area (Å²) in [6.07, 6.45) is 4.17. The molecule has 0 radical (unpaired) electrons. The number of nitrogens with zero attached hydrogens (tertiary/aromatic N) is 7. The molecule has 2 aliphatic rings. The van der Waals surface area contributed by atoms with E-state index in [1.165, 1.54) is 12.7 Å². The van der Waals surface area contributed by atoms with Gasteiger partial charge in [0.05, 0.1) is 19.5 Å². The molecular formula is C27H32N8O2. The summed E-state index contributed by atoms with van der Waals surface area (Å²) < 4.78 is 4.95. The summed E-state index contributed by atoms with van der Waals surface area (Å²) in [6.45, 7) is 6.66. The fourth-order valence-electron chi connectivity index (χ4n) is 4.85. The molecule has 1 unspecified atom stereocenters. The number of fused-ring (bicyclic) bond motifs is 1. The number of rotatable bonds is 9. The minimum Gasteiger partial charge on any atom is -0.468 e. The number of esters is 1. The lowest BCUT2D eigenvalue weighted by molar-refractivity contribution is -0.141. The molecule has 192 valence electrons. The van der Waals surface area contributed by atoms with Crippen molar-refractivity contribution in [2.24, 2.45) is 4.99 Å². The standard InChI is InChI=1S/C27H32N8O2/c1-4-8-24-28-27-23(16-33(5-2)18-34(27)17-25(36)37-3)35(24)15-19-11-13-20(14-12-19)21-9-6-7-10-22(21)26-29-31-32-30-26/h6-7,9-14,16,24H,4-5,8,15,17-18H2,1-3H3,(H,29,30,31,32). The Hall–Kier alpha value is -4.21. The molecule has 2 aromatic carbocycles. The molecule has 2 aliphatic heterocycles. The van der Waals surface area contributed by atoms with Crippen molar-refractivity contribution >= 4 is 11.8 Å². The third-order valence-electron chi connectivity index (χ3n) is 6.77. The molecule has 0 bridgehead atoms. The zero-order valence-electron chi connectivity index (χ0n) is 21.5. The predicted octanol–water partition coefficient (Wildman–Crippen LogP) is 3.48. The van der Waals surface area contributed by atoms with Crippen molar-refractivity contribution in [1.29, 1.82) is 0 Å². The lowest BCUT2D eigenvalue weighted by atomic mass is 9.98. The first kappa shape index (κ1) is 24.5. The smallest absolute Gasteiger partial charge is 0.325 e. The second-order valence-corrected chi connectivity index (χ2v) is 9.18. The number of benzene rings is 2. The number of amidine groups is 1. The van der Waals surface area contributed by atoms with Crippen LogP contribution in [0.4, 0.5) is 0 Å². The van der Waals surface area contributed by atoms with Gasteiger partial charge >= 0.3 is 5.97 Å². The Morgan fingerprint density at radius 3 is 2.57 bits per heavy atom. The first-order chi connectivity index (χ1) is 18.1. The van der Waals surface area contributed by atoms with E-state index in [1.54, 1.807) is 0 Å². The van der Waals surface area contributed by atoms with Crippen LogP contribution in [0.5, 0.6) is 0 Å². The molecule has 0 spiro atoms. The lowest BCUT2D eigenvalue weighted by Crippen LogP contribution is -2.48. The topological polar surface area (TPSA) is 103 Å². The molecule has 0 fully saturated rings. The highest BCUT2D eigenvalue weighted by Gasteiger charge is 2.37. The molecule has 0 amide bonds. The van der Waals surface area contributed by atoms with Crippen molar-refractivity contribution in [3.8, 4) is 22.5 Å². The van der Waals surface area contributed by atoms with Crippen LogP contribution >= 0.6 is 0 Å². The number of methoxy groups -OCH3 is 1. The van der Waals surface area contributed by atoms with Gasteiger partial charge in [0.1, 0.15) is 12.7 Å². The minimum atomic E-state index is -0.262. The fraction of sp³-hybridized carbons (Fsp3) is 0.370. The number of aromatic amines is 1. The number of H-pyrrole nitrogens is 1. The number of nitrogens with one attached hydrogen (secondary N) is 1. The van der Waals surface area contributed by atoms with Gasteiger partial charge in [-0.05, 0) is 40.5 Å². The second kappa shape index (κ2) is 10.8. The van der Waals surface area contributed by atoms with Gasteiger partial charge in [-0.1, -0.05) is 61.9 Å². The van der Waals surface area contributed by atoms with E-state index < -0.39 is 0 Å². The van der Waals surface area contributed by atoms with Crippen LogP contribution in [0.1, 0.15) is 32.3 Å². The highest BCUT2D eigenvalue weighted by molar-refractivity contribution is 6.01. The number of hydrogen-bond donors (Lipinski definition) is 1. The Morgan fingerprint density at radius 2 is 1.89 bits per heavy atom. The van der Waals surface area contributed by atoms with Gasteiger partial charge in [0.15, 0.2) is 11.7 Å². The van der Waals surface area contributed by atoms with Crippen LogP contribution in [-0.4, -0.2) is 80.2 Å². The van der Waals surface area contributed by atoms with Crippen molar-refractivity contribution in [3.63, 3.8) is 0 Å². The van der Waals surface area contributed by atoms with Gasteiger partial charge in [-0.15, -0.1) is 5.10 Å². The average Bonchev–Trinajstić information content (AvgIpc) is 3.58. The molecule has 37 heavy (non-hydrogen) atoms. The molecular weight excluding hydrogens is 468 g/mol. The maximum Gasteiger partial charge on any atom is 0.325 e. The van der Waals surface area contributed by atoms with Crippen LogP contribution in [0.25, 0.3) is 22.5 Å². The van der Waals surface area contributed by atoms with Gasteiger partial charge in [0.25, 0.3) is 0 Å². The largest absolute Gasteiger partial charge is 0.468 e. The van der Waals surface area contributed by atoms with E-state index >= 15 is 0 Å². The van der Waals surface area contributed by atoms with Crippen LogP contribution in [-0.2, 0) is 16.1 Å². The number of ether oxygens (including phenoxy) is 1. The van der Waals surface area contributed by atoms with Crippen molar-refractivity contribution < 1.29 is 9.53 Å². The van der Waals surface area contributed by atoms with Crippen LogP contribution < -0.4 is 0 Å². The molecule has 5 rings (SSSR count). The van der Waals surface area contributed by atoms with Crippen LogP contribution in [0.2, 0.25) is 0 Å². The first-order valence-electron chi connectivity index (χ1n) is 12.7. The third-order valence-corrected chi connectivity index (χ3v) is 6.77. The highest BCUT2D eigenvalue weighted by Crippen LogP contribution is 2.33. The van der Waals surface area contributed by atoms with Crippen LogP contribution in [0.15, 0.2) is 65.4 Å². The van der Waals surface area contributed by atoms with E-state index in [2.05, 4.69) is 80.8 Å². The summed E-state index contributed by atoms with van der Waals surface area (Å²) in [4.78, 5) is 23.8. The monoisotopic (exact) mass is 500 g/mol. The number of aliphatic imine (C=N–C) groups is 1. The van der Waals surface area contributed by atoms with Gasteiger partial charge in [0.2, 0.25) is 0 Å². The minimum absolute atomic E-state index is 0.0301. The summed E-state index contributed by atoms with van der Waals surface area (Å²) in [5.74, 6) is 1.26. The molecule has 10 heteroatoms. The predicted molar refractivity (Wildman–Crippen MR) is 141 cm³/mol. The average molecular weight is 501 g/mol. The summed E-state index contributed by atoms with van der Waals surface area (Å²) in [6, 6.07) is 16.7. The first-order valence-corrected chi connectivity index (χ1v) is 12.7. The third kappa shape index (κ3) is 5.04. The fourth-order valence-corrected chi connectivity index (χ4v) is 4.85. The second-order valence-electron chi connectivity index (χ2n) is 9.18. The molecule has 0 saturated heterocycles. The van der Waals surface area contributed by atoms with Crippen LogP contribution in [0, 0.1) is 0 Å². The SMILES string of the molecule is CCCC1N=C2C(=CN(CC)CN2CC(=O)OC)N1Cc1ccc(-c2ccccc2-c2nnn[nH]2)cc1. The molecule has 0 saturated carbocycles. The number of carbonyl (C=O) groups is 1. The summed E-state index contributed by atoms with van der Waals surface area (Å²) >= 11 is 0. The van der Waals surface area contributed by atoms with Gasteiger partial charge < -0.3 is 19.4 Å². The highest BCUT2D eigenvalue weighted by atomic mass is 16.5. The summed E-state index contributed by atoms with van der Waals surface area (Å²) in [7, 11) is 1.42. The molecule has 1 N–H and O–H groups in total. The molecule has 3 heterocycles. The van der Waals surface area contributed by atoms with Crippen molar-refractivity contribution in [2.75, 3.05) is 26.9 Å². The zero-order chi connectivity index (χ0) is 25.8. The Bertz CT molecular complexity index is 1290. The van der Waals surface area contributed by atoms with E-state index in [0.29, 0.717) is 12.5 Å². The van der Waals surface area contributed by atoms with E-state index in [1.807, 2.05) is 23.1 Å². The van der Waals surface area contributed by atoms with Crippen molar-refractivity contribution in [1.82, 2.24) is 35.3 Å². The molecule has 1 atom stereocenters. The Labute approximate surface area is 216 Å². The Kier molecular flexibility index (Phi) is 7.16. The summed E-state index contributed by atoms with van der Waals surface area (Å²) in [5.41, 5.74) is 5.36. The lowest BCUT2D eigenvalue weighted by Gasteiger charge is -2.37. The van der Waals surface area contributed by atoms with E-state index in [0.717, 1.165) is 54.2 Å². The van der Waals surface area contributed by atoms with Crippen LogP contribution in [0.3, 0.4) is 0 Å². The molecule has 3 aromatic rings. The number of aromatic nitrogens is 4. The van der Waals surface area contributed by atoms with Crippen molar-refractivity contribution in [3.05, 3.63) is 66.0 Å². The van der Waals surface area contributed by atoms with E-state index in [-0.39, 0.29) is 18.7 Å². The quantitative estimate of drug-likeness (QED) is 0.446. The molecule has 1 aromatic heterocycles. The number of hydrogen-bond acceptors (Lipinski definition) is 9. The van der Waals surface area contributed by atoms with E-state index in [4.69, 9.17) is 9.73 Å². The zero-order valence-corrected chi connectivity index (χ0v) is 21.5. The summed E-state index contributed by atoms with van der Waals surface area (Å²) in [5, 5.41) is 14.4. The molecule has 0 aliphatic carbocycles. The van der Waals surface area contributed by atoms with Crippen molar-refractivity contribution in [2.45, 2.75) is 39.4 Å². The Balaban J connectivity index is 1.40. The number of tetrazole rings is 1. The Morgan fingerprint density at radius 1 is 1.11 bits per heavy atom. The van der Waals surface area contributed by atoms with Gasteiger partial charge in [0, 0.05) is 24.9 Å². The van der Waals surface area contributed by atoms with Gasteiger partial charge in [-0.3, -0.25) is 4.79 Å². The van der Waals surface area contributed by atoms with Gasteiger partial charge in [-0.25, -0.2) is 10.1 Å². The van der Waals surface area contributed by atoms with Gasteiger partial charge in [-0.2, -0.15) is 0 Å².